The van der Waals surface area contributed by atoms with Crippen LogP contribution in [0.5, 0.6) is 0 Å². The highest BCUT2D eigenvalue weighted by molar-refractivity contribution is 5.27. The molecule has 1 aliphatic rings. The monoisotopic (exact) mass is 278 g/mol. The number of likely N-dealkylation sites (tertiary alicyclic amines) is 1. The zero-order valence-electron chi connectivity index (χ0n) is 13.1. The molecule has 112 valence electrons. The van der Waals surface area contributed by atoms with Gasteiger partial charge in [0.1, 0.15) is 5.82 Å². The van der Waals surface area contributed by atoms with Crippen LogP contribution in [0.25, 0.3) is 0 Å². The molecule has 0 saturated carbocycles. The van der Waals surface area contributed by atoms with Gasteiger partial charge in [-0.25, -0.2) is 4.39 Å². The van der Waals surface area contributed by atoms with Crippen molar-refractivity contribution < 1.29 is 4.39 Å². The van der Waals surface area contributed by atoms with E-state index in [4.69, 9.17) is 0 Å². The largest absolute Gasteiger partial charge is 0.314 e. The molecule has 0 aromatic heterocycles. The van der Waals surface area contributed by atoms with Crippen LogP contribution in [-0.2, 0) is 0 Å². The second-order valence-corrected chi connectivity index (χ2v) is 6.40. The summed E-state index contributed by atoms with van der Waals surface area (Å²) in [5.41, 5.74) is 2.00. The molecule has 1 N–H and O–H groups in total. The molecule has 2 rings (SSSR count). The minimum absolute atomic E-state index is 0.107. The number of rotatable bonds is 4. The molecule has 1 saturated heterocycles. The molecule has 0 spiro atoms. The second-order valence-electron chi connectivity index (χ2n) is 6.40. The van der Waals surface area contributed by atoms with Crippen LogP contribution in [0.1, 0.15) is 43.9 Å². The molecule has 3 heteroatoms. The third kappa shape index (κ3) is 3.58. The molecule has 2 nitrogen and oxygen atoms in total. The van der Waals surface area contributed by atoms with Crippen LogP contribution in [0.2, 0.25) is 0 Å². The highest BCUT2D eigenvalue weighted by Gasteiger charge is 2.30. The number of piperidine rings is 1. The lowest BCUT2D eigenvalue weighted by Gasteiger charge is -2.40. The molecule has 1 heterocycles. The second kappa shape index (κ2) is 6.68. The zero-order chi connectivity index (χ0) is 14.7. The molecule has 1 aliphatic heterocycles. The van der Waals surface area contributed by atoms with E-state index in [0.29, 0.717) is 18.0 Å². The Labute approximate surface area is 122 Å². The third-order valence-corrected chi connectivity index (χ3v) is 4.32. The van der Waals surface area contributed by atoms with Gasteiger partial charge in [-0.05, 0) is 56.5 Å². The Hall–Kier alpha value is -0.930. The topological polar surface area (TPSA) is 15.3 Å². The molecule has 0 radical (unpaired) electrons. The van der Waals surface area contributed by atoms with Gasteiger partial charge < -0.3 is 5.32 Å². The maximum atomic E-state index is 13.5. The first-order valence-corrected chi connectivity index (χ1v) is 7.68. The maximum absolute atomic E-state index is 13.5. The van der Waals surface area contributed by atoms with Gasteiger partial charge >= 0.3 is 0 Å². The van der Waals surface area contributed by atoms with Gasteiger partial charge in [-0.1, -0.05) is 26.0 Å². The lowest BCUT2D eigenvalue weighted by molar-refractivity contribution is 0.118. The van der Waals surface area contributed by atoms with Gasteiger partial charge in [0.05, 0.1) is 0 Å². The van der Waals surface area contributed by atoms with E-state index in [1.165, 1.54) is 18.4 Å². The first-order chi connectivity index (χ1) is 9.49. The summed E-state index contributed by atoms with van der Waals surface area (Å²) in [6.07, 6.45) is 2.49. The Bertz CT molecular complexity index is 445. The number of benzene rings is 1. The van der Waals surface area contributed by atoms with Gasteiger partial charge in [-0.3, -0.25) is 4.90 Å². The van der Waals surface area contributed by atoms with E-state index in [1.54, 1.807) is 6.07 Å². The minimum atomic E-state index is -0.107. The van der Waals surface area contributed by atoms with E-state index in [2.05, 4.69) is 31.1 Å². The maximum Gasteiger partial charge on any atom is 0.126 e. The predicted molar refractivity (Wildman–Crippen MR) is 82.4 cm³/mol. The standard InChI is InChI=1S/C17H27FN2/c1-12(2)19-11-15-6-5-9-20(4)17(15)14-7-8-16(18)13(3)10-14/h7-8,10,12,15,17,19H,5-6,9,11H2,1-4H3. The molecule has 20 heavy (non-hydrogen) atoms. The molecule has 2 atom stereocenters. The predicted octanol–water partition coefficient (Wildman–Crippen LogP) is 3.52. The number of nitrogens with one attached hydrogen (secondary N) is 1. The quantitative estimate of drug-likeness (QED) is 0.906. The van der Waals surface area contributed by atoms with E-state index < -0.39 is 0 Å². The third-order valence-electron chi connectivity index (χ3n) is 4.32. The molecule has 0 bridgehead atoms. The van der Waals surface area contributed by atoms with Crippen LogP contribution in [0.4, 0.5) is 4.39 Å². The SMILES string of the molecule is Cc1cc(C2C(CNC(C)C)CCCN2C)ccc1F. The van der Waals surface area contributed by atoms with E-state index in [1.807, 2.05) is 19.1 Å². The van der Waals surface area contributed by atoms with Gasteiger partial charge in [-0.2, -0.15) is 0 Å². The first kappa shape index (κ1) is 15.5. The Morgan fingerprint density at radius 3 is 2.80 bits per heavy atom. The minimum Gasteiger partial charge on any atom is -0.314 e. The summed E-state index contributed by atoms with van der Waals surface area (Å²) in [5.74, 6) is 0.491. The average Bonchev–Trinajstić information content (AvgIpc) is 2.40. The summed E-state index contributed by atoms with van der Waals surface area (Å²) in [5, 5.41) is 3.56. The van der Waals surface area contributed by atoms with Crippen LogP contribution in [0.3, 0.4) is 0 Å². The van der Waals surface area contributed by atoms with Gasteiger partial charge in [0.2, 0.25) is 0 Å². The van der Waals surface area contributed by atoms with Crippen molar-refractivity contribution in [3.8, 4) is 0 Å². The Morgan fingerprint density at radius 2 is 2.15 bits per heavy atom. The van der Waals surface area contributed by atoms with Crippen LogP contribution in [0.15, 0.2) is 18.2 Å². The van der Waals surface area contributed by atoms with Gasteiger partial charge in [-0.15, -0.1) is 0 Å². The summed E-state index contributed by atoms with van der Waals surface area (Å²) in [4.78, 5) is 2.42. The van der Waals surface area contributed by atoms with Gasteiger partial charge in [0.25, 0.3) is 0 Å². The van der Waals surface area contributed by atoms with E-state index >= 15 is 0 Å². The van der Waals surface area contributed by atoms with E-state index in [-0.39, 0.29) is 5.82 Å². The van der Waals surface area contributed by atoms with Crippen molar-refractivity contribution in [1.29, 1.82) is 0 Å². The lowest BCUT2D eigenvalue weighted by Crippen LogP contribution is -2.41. The van der Waals surface area contributed by atoms with Gasteiger partial charge in [0, 0.05) is 18.6 Å². The summed E-state index contributed by atoms with van der Waals surface area (Å²) < 4.78 is 13.5. The van der Waals surface area contributed by atoms with Gasteiger partial charge in [0.15, 0.2) is 0 Å². The normalized spacial score (nSPS) is 24.3. The number of nitrogens with zero attached hydrogens (tertiary/aromatic N) is 1. The fourth-order valence-corrected chi connectivity index (χ4v) is 3.24. The molecular weight excluding hydrogens is 251 g/mol. The summed E-state index contributed by atoms with van der Waals surface area (Å²) >= 11 is 0. The number of halogens is 1. The number of hydrogen-bond donors (Lipinski definition) is 1. The molecule has 0 amide bonds. The summed E-state index contributed by atoms with van der Waals surface area (Å²) in [7, 11) is 2.19. The van der Waals surface area contributed by atoms with Crippen molar-refractivity contribution in [2.45, 2.75) is 45.7 Å². The van der Waals surface area contributed by atoms with Crippen LogP contribution in [0, 0.1) is 18.7 Å². The fraction of sp³-hybridized carbons (Fsp3) is 0.647. The Balaban J connectivity index is 2.20. The summed E-state index contributed by atoms with van der Waals surface area (Å²) in [6, 6.07) is 6.49. The molecule has 2 unspecified atom stereocenters. The molecule has 1 fully saturated rings. The molecular formula is C17H27FN2. The van der Waals surface area contributed by atoms with Crippen LogP contribution >= 0.6 is 0 Å². The van der Waals surface area contributed by atoms with E-state index in [0.717, 1.165) is 18.7 Å². The smallest absolute Gasteiger partial charge is 0.126 e. The highest BCUT2D eigenvalue weighted by Crippen LogP contribution is 2.35. The molecule has 1 aromatic rings. The zero-order valence-corrected chi connectivity index (χ0v) is 13.1. The number of hydrogen-bond acceptors (Lipinski definition) is 2. The summed E-state index contributed by atoms with van der Waals surface area (Å²) in [6.45, 7) is 8.37. The molecule has 0 aliphatic carbocycles. The average molecular weight is 278 g/mol. The van der Waals surface area contributed by atoms with Crippen molar-refractivity contribution in [2.75, 3.05) is 20.1 Å². The van der Waals surface area contributed by atoms with Crippen molar-refractivity contribution >= 4 is 0 Å². The first-order valence-electron chi connectivity index (χ1n) is 7.68. The van der Waals surface area contributed by atoms with Crippen molar-refractivity contribution in [2.24, 2.45) is 5.92 Å². The van der Waals surface area contributed by atoms with E-state index in [9.17, 15) is 4.39 Å². The highest BCUT2D eigenvalue weighted by atomic mass is 19.1. The van der Waals surface area contributed by atoms with Crippen molar-refractivity contribution in [3.05, 3.63) is 35.1 Å². The number of aryl methyl sites for hydroxylation is 1. The van der Waals surface area contributed by atoms with Crippen LogP contribution < -0.4 is 5.32 Å². The Morgan fingerprint density at radius 1 is 1.40 bits per heavy atom. The Kier molecular flexibility index (Phi) is 5.17. The lowest BCUT2D eigenvalue weighted by atomic mass is 9.84. The van der Waals surface area contributed by atoms with Crippen molar-refractivity contribution in [1.82, 2.24) is 10.2 Å². The molecule has 1 aromatic carbocycles. The van der Waals surface area contributed by atoms with Crippen LogP contribution in [-0.4, -0.2) is 31.1 Å². The fourth-order valence-electron chi connectivity index (χ4n) is 3.24. The van der Waals surface area contributed by atoms with Crippen molar-refractivity contribution in [3.63, 3.8) is 0 Å².